The number of anilines is 1. The quantitative estimate of drug-likeness (QED) is 0.805. The molecule has 0 unspecified atom stereocenters. The summed E-state index contributed by atoms with van der Waals surface area (Å²) in [5, 5.41) is 10.8. The lowest BCUT2D eigenvalue weighted by molar-refractivity contribution is 0.0601. The molecule has 1 N–H and O–H groups in total. The number of rotatable bonds is 6. The highest BCUT2D eigenvalue weighted by Gasteiger charge is 2.33. The minimum atomic E-state index is -0.244. The number of hydrogen-bond donors (Lipinski definition) is 1. The van der Waals surface area contributed by atoms with Crippen molar-refractivity contribution in [2.75, 3.05) is 52.3 Å². The third-order valence-electron chi connectivity index (χ3n) is 4.59. The monoisotopic (exact) mass is 341 g/mol. The first-order chi connectivity index (χ1) is 12.0. The number of nitrogens with zero attached hydrogens (tertiary/aromatic N) is 3. The molecule has 0 saturated heterocycles. The van der Waals surface area contributed by atoms with Gasteiger partial charge in [0.2, 0.25) is 0 Å². The first kappa shape index (κ1) is 17.4. The average Bonchev–Trinajstić information content (AvgIpc) is 2.59. The van der Waals surface area contributed by atoms with E-state index in [1.54, 1.807) is 12.1 Å². The van der Waals surface area contributed by atoms with Gasteiger partial charge in [0.1, 0.15) is 0 Å². The molecule has 0 aliphatic carbocycles. The van der Waals surface area contributed by atoms with Crippen LogP contribution in [0.3, 0.4) is 0 Å². The van der Waals surface area contributed by atoms with Gasteiger partial charge in [0.25, 0.3) is 11.8 Å². The van der Waals surface area contributed by atoms with E-state index in [9.17, 15) is 14.7 Å². The van der Waals surface area contributed by atoms with Crippen molar-refractivity contribution in [3.05, 3.63) is 41.5 Å². The summed E-state index contributed by atoms with van der Waals surface area (Å²) in [6.45, 7) is 1.51. The van der Waals surface area contributed by atoms with E-state index in [2.05, 4.69) is 0 Å². The van der Waals surface area contributed by atoms with Crippen molar-refractivity contribution in [2.24, 2.45) is 0 Å². The molecule has 1 aliphatic rings. The molecule has 0 bridgehead atoms. The van der Waals surface area contributed by atoms with Gasteiger partial charge in [0, 0.05) is 54.3 Å². The maximum atomic E-state index is 12.9. The number of likely N-dealkylation sites (N-methyl/N-ethyl adjacent to an activating group) is 2. The number of aliphatic hydroxyl groups excluding tert-OH is 1. The van der Waals surface area contributed by atoms with Crippen LogP contribution in [0.15, 0.2) is 30.3 Å². The van der Waals surface area contributed by atoms with Gasteiger partial charge in [-0.1, -0.05) is 12.1 Å². The van der Waals surface area contributed by atoms with Gasteiger partial charge in [0.15, 0.2) is 0 Å². The zero-order valence-electron chi connectivity index (χ0n) is 14.8. The van der Waals surface area contributed by atoms with Crippen LogP contribution in [0.25, 0.3) is 10.8 Å². The lowest BCUT2D eigenvalue weighted by Crippen LogP contribution is -2.43. The lowest BCUT2D eigenvalue weighted by Gasteiger charge is -2.29. The van der Waals surface area contributed by atoms with E-state index in [1.165, 1.54) is 4.90 Å². The molecule has 25 heavy (non-hydrogen) atoms. The van der Waals surface area contributed by atoms with Crippen molar-refractivity contribution in [2.45, 2.75) is 0 Å². The van der Waals surface area contributed by atoms with Gasteiger partial charge in [-0.3, -0.25) is 14.5 Å². The fourth-order valence-corrected chi connectivity index (χ4v) is 3.24. The number of carbonyl (C=O) groups excluding carboxylic acids is 2. The highest BCUT2D eigenvalue weighted by Crippen LogP contribution is 2.35. The molecule has 132 valence electrons. The molecule has 6 heteroatoms. The van der Waals surface area contributed by atoms with Crippen LogP contribution in [0.2, 0.25) is 0 Å². The number of aliphatic hydroxyl groups is 1. The van der Waals surface area contributed by atoms with Crippen molar-refractivity contribution >= 4 is 28.3 Å². The molecule has 0 aromatic heterocycles. The second kappa shape index (κ2) is 6.82. The average molecular weight is 341 g/mol. The summed E-state index contributed by atoms with van der Waals surface area (Å²) in [7, 11) is 5.71. The second-order valence-electron chi connectivity index (χ2n) is 6.57. The number of hydrogen-bond acceptors (Lipinski definition) is 5. The Balaban J connectivity index is 2.12. The highest BCUT2D eigenvalue weighted by atomic mass is 16.3. The molecule has 0 saturated carbocycles. The van der Waals surface area contributed by atoms with E-state index in [-0.39, 0.29) is 18.4 Å². The Kier molecular flexibility index (Phi) is 4.74. The Hall–Kier alpha value is -2.44. The summed E-state index contributed by atoms with van der Waals surface area (Å²) in [5.74, 6) is -0.487. The molecule has 6 nitrogen and oxygen atoms in total. The molecular weight excluding hydrogens is 318 g/mol. The fourth-order valence-electron chi connectivity index (χ4n) is 3.24. The lowest BCUT2D eigenvalue weighted by atomic mass is 9.92. The van der Waals surface area contributed by atoms with Crippen LogP contribution in [0.5, 0.6) is 0 Å². The molecule has 0 spiro atoms. The van der Waals surface area contributed by atoms with E-state index in [4.69, 9.17) is 0 Å². The highest BCUT2D eigenvalue weighted by molar-refractivity contribution is 6.26. The molecule has 2 aromatic carbocycles. The van der Waals surface area contributed by atoms with Crippen LogP contribution in [-0.2, 0) is 0 Å². The minimum absolute atomic E-state index is 0.0373. The summed E-state index contributed by atoms with van der Waals surface area (Å²) in [5.41, 5.74) is 2.02. The Morgan fingerprint density at radius 3 is 2.28 bits per heavy atom. The first-order valence-corrected chi connectivity index (χ1v) is 8.34. The van der Waals surface area contributed by atoms with Crippen molar-refractivity contribution in [3.63, 3.8) is 0 Å². The minimum Gasteiger partial charge on any atom is -0.395 e. The number of amides is 2. The second-order valence-corrected chi connectivity index (χ2v) is 6.57. The maximum Gasteiger partial charge on any atom is 0.261 e. The Labute approximate surface area is 147 Å². The van der Waals surface area contributed by atoms with Gasteiger partial charge in [-0.05, 0) is 32.3 Å². The van der Waals surface area contributed by atoms with Gasteiger partial charge in [-0.15, -0.1) is 0 Å². The summed E-state index contributed by atoms with van der Waals surface area (Å²) in [4.78, 5) is 30.9. The van der Waals surface area contributed by atoms with Crippen LogP contribution < -0.4 is 4.90 Å². The predicted octanol–water partition coefficient (Wildman–Crippen LogP) is 1.43. The van der Waals surface area contributed by atoms with E-state index < -0.39 is 0 Å². The first-order valence-electron chi connectivity index (χ1n) is 8.34. The van der Waals surface area contributed by atoms with Crippen LogP contribution in [-0.4, -0.2) is 74.1 Å². The Morgan fingerprint density at radius 1 is 0.960 bits per heavy atom. The molecule has 0 radical (unpaired) electrons. The van der Waals surface area contributed by atoms with Crippen LogP contribution in [0, 0.1) is 0 Å². The van der Waals surface area contributed by atoms with Gasteiger partial charge in [0.05, 0.1) is 6.61 Å². The third kappa shape index (κ3) is 2.99. The standard InChI is InChI=1S/C19H23N3O3/c1-20(2)9-10-22-18(24)14-6-4-5-13-16(21(3)11-12-23)8-7-15(17(13)14)19(22)25/h4-8,23H,9-12H2,1-3H3. The number of carbonyl (C=O) groups is 2. The topological polar surface area (TPSA) is 64.1 Å². The van der Waals surface area contributed by atoms with Crippen LogP contribution in [0.1, 0.15) is 20.7 Å². The third-order valence-corrected chi connectivity index (χ3v) is 4.59. The molecule has 1 aliphatic heterocycles. The number of imide groups is 1. The van der Waals surface area contributed by atoms with Crippen molar-refractivity contribution in [1.29, 1.82) is 0 Å². The summed E-state index contributed by atoms with van der Waals surface area (Å²) in [6, 6.07) is 9.21. The summed E-state index contributed by atoms with van der Waals surface area (Å²) >= 11 is 0. The zero-order valence-corrected chi connectivity index (χ0v) is 14.8. The summed E-state index contributed by atoms with van der Waals surface area (Å²) < 4.78 is 0. The molecule has 2 aromatic rings. The van der Waals surface area contributed by atoms with E-state index in [0.29, 0.717) is 36.1 Å². The van der Waals surface area contributed by atoms with Crippen molar-refractivity contribution in [3.8, 4) is 0 Å². The molecule has 0 fully saturated rings. The molecule has 0 atom stereocenters. The van der Waals surface area contributed by atoms with E-state index in [0.717, 1.165) is 11.1 Å². The Morgan fingerprint density at radius 2 is 1.64 bits per heavy atom. The predicted molar refractivity (Wildman–Crippen MR) is 98.2 cm³/mol. The van der Waals surface area contributed by atoms with E-state index in [1.807, 2.05) is 49.1 Å². The van der Waals surface area contributed by atoms with Gasteiger partial charge in [-0.25, -0.2) is 0 Å². The zero-order chi connectivity index (χ0) is 18.1. The number of benzene rings is 2. The SMILES string of the molecule is CN(C)CCN1C(=O)c2cccc3c(N(C)CCO)ccc(c23)C1=O. The maximum absolute atomic E-state index is 12.9. The normalized spacial score (nSPS) is 13.9. The Bertz CT molecular complexity index is 810. The largest absolute Gasteiger partial charge is 0.395 e. The summed E-state index contributed by atoms with van der Waals surface area (Å²) in [6.07, 6.45) is 0. The van der Waals surface area contributed by atoms with Crippen molar-refractivity contribution < 1.29 is 14.7 Å². The molecular formula is C19H23N3O3. The van der Waals surface area contributed by atoms with Gasteiger partial charge >= 0.3 is 0 Å². The van der Waals surface area contributed by atoms with Crippen molar-refractivity contribution in [1.82, 2.24) is 9.80 Å². The van der Waals surface area contributed by atoms with Crippen LogP contribution in [0.4, 0.5) is 5.69 Å². The molecule has 3 rings (SSSR count). The molecule has 2 amide bonds. The van der Waals surface area contributed by atoms with Crippen LogP contribution >= 0.6 is 0 Å². The van der Waals surface area contributed by atoms with E-state index >= 15 is 0 Å². The fraction of sp³-hybridized carbons (Fsp3) is 0.368. The molecule has 1 heterocycles. The van der Waals surface area contributed by atoms with Gasteiger partial charge < -0.3 is 14.9 Å². The van der Waals surface area contributed by atoms with Gasteiger partial charge in [-0.2, -0.15) is 0 Å². The smallest absolute Gasteiger partial charge is 0.261 e.